The van der Waals surface area contributed by atoms with E-state index in [0.29, 0.717) is 5.71 Å². The summed E-state index contributed by atoms with van der Waals surface area (Å²) in [4.78, 5) is 0. The summed E-state index contributed by atoms with van der Waals surface area (Å²) in [6.07, 6.45) is 6.41. The molecule has 0 saturated carbocycles. The second-order valence-corrected chi connectivity index (χ2v) is 7.77. The first kappa shape index (κ1) is 18.3. The highest BCUT2D eigenvalue weighted by Crippen LogP contribution is 2.26. The van der Waals surface area contributed by atoms with Gasteiger partial charge in [0.1, 0.15) is 0 Å². The molecule has 0 amide bonds. The monoisotopic (exact) mass is 385 g/mol. The normalized spacial score (nSPS) is 13.0. The van der Waals surface area contributed by atoms with Crippen molar-refractivity contribution in [3.05, 3.63) is 142 Å². The third-order valence-corrected chi connectivity index (χ3v) is 5.89. The third-order valence-electron chi connectivity index (χ3n) is 5.89. The quantitative estimate of drug-likeness (QED) is 0.298. The van der Waals surface area contributed by atoms with E-state index in [1.807, 2.05) is 36.4 Å². The van der Waals surface area contributed by atoms with Crippen LogP contribution < -0.4 is 0 Å². The molecular formula is C29H23N. The van der Waals surface area contributed by atoms with Gasteiger partial charge in [-0.05, 0) is 46.2 Å². The van der Waals surface area contributed by atoms with Gasteiger partial charge >= 0.3 is 0 Å². The summed E-state index contributed by atoms with van der Waals surface area (Å²) in [5.74, 6) is 0. The first-order valence-corrected chi connectivity index (χ1v) is 10.4. The Morgan fingerprint density at radius 1 is 0.433 bits per heavy atom. The van der Waals surface area contributed by atoms with Gasteiger partial charge in [-0.25, -0.2) is 0 Å². The minimum absolute atomic E-state index is 0.660. The predicted octanol–water partition coefficient (Wildman–Crippen LogP) is 6.77. The Labute approximate surface area is 177 Å². The van der Waals surface area contributed by atoms with Crippen molar-refractivity contribution in [3.8, 4) is 0 Å². The molecule has 2 aliphatic carbocycles. The molecule has 0 radical (unpaired) electrons. The minimum Gasteiger partial charge on any atom is -0.300 e. The number of hydrogen-bond acceptors (Lipinski definition) is 1. The first-order chi connectivity index (χ1) is 14.8. The van der Waals surface area contributed by atoms with Crippen molar-refractivity contribution < 1.29 is 0 Å². The summed E-state index contributed by atoms with van der Waals surface area (Å²) in [7, 11) is 0. The zero-order chi connectivity index (χ0) is 20.3. The summed E-state index contributed by atoms with van der Waals surface area (Å²) in [6, 6.07) is 33.6. The van der Waals surface area contributed by atoms with Gasteiger partial charge in [0.05, 0.1) is 5.71 Å². The fourth-order valence-corrected chi connectivity index (χ4v) is 4.29. The Hall–Kier alpha value is -3.71. The van der Waals surface area contributed by atoms with Gasteiger partial charge in [0, 0.05) is 11.1 Å². The predicted molar refractivity (Wildman–Crippen MR) is 126 cm³/mol. The van der Waals surface area contributed by atoms with E-state index in [1.54, 1.807) is 0 Å². The van der Waals surface area contributed by atoms with E-state index in [0.717, 1.165) is 24.0 Å². The van der Waals surface area contributed by atoms with Gasteiger partial charge in [0.25, 0.3) is 0 Å². The molecule has 0 fully saturated rings. The van der Waals surface area contributed by atoms with Gasteiger partial charge in [-0.2, -0.15) is 0 Å². The molecule has 0 saturated heterocycles. The molecule has 0 unspecified atom stereocenters. The van der Waals surface area contributed by atoms with E-state index in [1.165, 1.54) is 33.4 Å². The molecule has 4 aromatic carbocycles. The first-order valence-electron chi connectivity index (χ1n) is 10.4. The molecule has 4 aromatic rings. The molecule has 1 heteroatoms. The Balaban J connectivity index is 0.000000128. The maximum absolute atomic E-state index is 8.15. The fourth-order valence-electron chi connectivity index (χ4n) is 4.29. The van der Waals surface area contributed by atoms with Gasteiger partial charge < -0.3 is 0 Å². The van der Waals surface area contributed by atoms with Crippen LogP contribution in [0, 0.1) is 5.41 Å². The fraction of sp³-hybridized carbons (Fsp3) is 0.0690. The average molecular weight is 386 g/mol. The molecule has 1 nitrogen and oxygen atoms in total. The summed E-state index contributed by atoms with van der Waals surface area (Å²) in [6.45, 7) is 0. The number of nitrogens with one attached hydrogen (secondary N) is 1. The molecule has 30 heavy (non-hydrogen) atoms. The average Bonchev–Trinajstić information content (AvgIpc) is 2.99. The topological polar surface area (TPSA) is 23.9 Å². The zero-order valence-electron chi connectivity index (χ0n) is 16.8. The molecule has 6 rings (SSSR count). The van der Waals surface area contributed by atoms with Gasteiger partial charge in [-0.15, -0.1) is 0 Å². The van der Waals surface area contributed by atoms with Gasteiger partial charge in [0.2, 0.25) is 0 Å². The van der Waals surface area contributed by atoms with Gasteiger partial charge in [0.15, 0.2) is 0 Å². The highest BCUT2D eigenvalue weighted by Gasteiger charge is 2.18. The van der Waals surface area contributed by atoms with Crippen molar-refractivity contribution >= 4 is 17.9 Å². The Morgan fingerprint density at radius 2 is 0.800 bits per heavy atom. The number of hydrogen-bond donors (Lipinski definition) is 1. The van der Waals surface area contributed by atoms with Crippen molar-refractivity contribution in [2.75, 3.05) is 0 Å². The lowest BCUT2D eigenvalue weighted by molar-refractivity contribution is 1.14. The van der Waals surface area contributed by atoms with Crippen LogP contribution in [0.5, 0.6) is 0 Å². The number of benzene rings is 4. The molecule has 144 valence electrons. The molecule has 0 heterocycles. The van der Waals surface area contributed by atoms with Crippen LogP contribution >= 0.6 is 0 Å². The zero-order valence-corrected chi connectivity index (χ0v) is 16.8. The standard InChI is InChI=1S/C15H12.C14H11N/c1-3-7-14-11-15-8-4-2-6-13(15)10-9-12(14)5-1;15-14-12-7-3-1-5-10(12)9-11-6-2-4-8-13(11)14/h1-10H,11H2;1-8,15H,9H2. The highest BCUT2D eigenvalue weighted by atomic mass is 14.4. The van der Waals surface area contributed by atoms with E-state index in [4.69, 9.17) is 5.41 Å². The van der Waals surface area contributed by atoms with Crippen LogP contribution in [0.3, 0.4) is 0 Å². The lowest BCUT2D eigenvalue weighted by Gasteiger charge is -2.19. The molecule has 0 atom stereocenters. The molecule has 0 spiro atoms. The van der Waals surface area contributed by atoms with Crippen molar-refractivity contribution in [1.29, 1.82) is 5.41 Å². The van der Waals surface area contributed by atoms with E-state index < -0.39 is 0 Å². The van der Waals surface area contributed by atoms with E-state index in [-0.39, 0.29) is 0 Å². The van der Waals surface area contributed by atoms with E-state index in [2.05, 4.69) is 72.8 Å². The van der Waals surface area contributed by atoms with Crippen molar-refractivity contribution in [2.24, 2.45) is 0 Å². The van der Waals surface area contributed by atoms with Gasteiger partial charge in [-0.1, -0.05) is 109 Å². The third kappa shape index (κ3) is 3.51. The van der Waals surface area contributed by atoms with Crippen molar-refractivity contribution in [2.45, 2.75) is 12.8 Å². The molecule has 0 aliphatic heterocycles. The Morgan fingerprint density at radius 3 is 1.30 bits per heavy atom. The van der Waals surface area contributed by atoms with Crippen LogP contribution in [0.15, 0.2) is 97.1 Å². The van der Waals surface area contributed by atoms with Crippen LogP contribution in [0.1, 0.15) is 44.5 Å². The smallest absolute Gasteiger partial charge is 0.0690 e. The van der Waals surface area contributed by atoms with Crippen LogP contribution in [-0.2, 0) is 12.8 Å². The molecule has 1 N–H and O–H groups in total. The van der Waals surface area contributed by atoms with Crippen molar-refractivity contribution in [1.82, 2.24) is 0 Å². The summed E-state index contributed by atoms with van der Waals surface area (Å²) in [5.41, 5.74) is 10.9. The Kier molecular flexibility index (Phi) is 4.86. The summed E-state index contributed by atoms with van der Waals surface area (Å²) >= 11 is 0. The van der Waals surface area contributed by atoms with Crippen LogP contribution in [0.2, 0.25) is 0 Å². The minimum atomic E-state index is 0.660. The number of fused-ring (bicyclic) bond motifs is 4. The second-order valence-electron chi connectivity index (χ2n) is 7.77. The SMILES string of the molecule is C1=Cc2ccccc2Cc2ccccc21.N=C1c2ccccc2Cc2ccccc21. The lowest BCUT2D eigenvalue weighted by atomic mass is 9.85. The molecule has 2 aliphatic rings. The molecule has 0 aromatic heterocycles. The highest BCUT2D eigenvalue weighted by molar-refractivity contribution is 6.14. The second kappa shape index (κ2) is 7.96. The molecular weight excluding hydrogens is 362 g/mol. The maximum Gasteiger partial charge on any atom is 0.0690 e. The van der Waals surface area contributed by atoms with Crippen LogP contribution in [-0.4, -0.2) is 5.71 Å². The van der Waals surface area contributed by atoms with Crippen molar-refractivity contribution in [3.63, 3.8) is 0 Å². The Bertz CT molecular complexity index is 1160. The summed E-state index contributed by atoms with van der Waals surface area (Å²) in [5, 5.41) is 8.15. The van der Waals surface area contributed by atoms with E-state index >= 15 is 0 Å². The molecule has 0 bridgehead atoms. The summed E-state index contributed by atoms with van der Waals surface area (Å²) < 4.78 is 0. The number of rotatable bonds is 0. The lowest BCUT2D eigenvalue weighted by Crippen LogP contribution is -2.14. The largest absolute Gasteiger partial charge is 0.300 e. The van der Waals surface area contributed by atoms with Crippen LogP contribution in [0.4, 0.5) is 0 Å². The van der Waals surface area contributed by atoms with E-state index in [9.17, 15) is 0 Å². The van der Waals surface area contributed by atoms with Gasteiger partial charge in [-0.3, -0.25) is 5.41 Å². The maximum atomic E-state index is 8.15. The van der Waals surface area contributed by atoms with Crippen LogP contribution in [0.25, 0.3) is 12.2 Å².